The second kappa shape index (κ2) is 22.5. The summed E-state index contributed by atoms with van der Waals surface area (Å²) in [7, 11) is -11.8. The number of nitrogens with zero attached hydrogens (tertiary/aromatic N) is 2. The molecule has 0 heterocycles. The minimum absolute atomic E-state index is 0. The summed E-state index contributed by atoms with van der Waals surface area (Å²) in [6.07, 6.45) is 0. The van der Waals surface area contributed by atoms with E-state index < -0.39 is 36.1 Å². The quantitative estimate of drug-likeness (QED) is 0.127. The van der Waals surface area contributed by atoms with Gasteiger partial charge in [-0.3, -0.25) is 0 Å². The molecule has 0 saturated heterocycles. The molecule has 0 N–H and O–H groups in total. The average molecular weight is 854 g/mol. The second-order valence-electron chi connectivity index (χ2n) is 12.3. The van der Waals surface area contributed by atoms with Crippen molar-refractivity contribution in [2.24, 2.45) is 0 Å². The van der Waals surface area contributed by atoms with Crippen LogP contribution in [0.4, 0.5) is 0 Å². The number of hydrogen-bond acceptors (Lipinski definition) is 8. The molecular formula is C36H44Cu2N2O6P2S2+2. The first-order valence-electron chi connectivity index (χ1n) is 14.8. The predicted molar refractivity (Wildman–Crippen MR) is 199 cm³/mol. The molecule has 0 fully saturated rings. The largest absolute Gasteiger partial charge is 1.00 e. The number of nitriles is 2. The van der Waals surface area contributed by atoms with Gasteiger partial charge in [-0.2, -0.15) is 10.5 Å². The Bertz CT molecular complexity index is 1770. The van der Waals surface area contributed by atoms with Crippen LogP contribution in [0.1, 0.15) is 55.4 Å². The molecule has 0 aliphatic carbocycles. The standard InChI is InChI=1S/2C16H19O3PS.2C2H3N.2Cu/c2*1-16(2,3)20(13-9-5-4-6-10-13)14-11-7-8-12-15(14)21(17,18)19;2*1-2-3;;/h2*4-12H,1-3H3,(H,17,18,19);2*1H3;;/q;;;;2*+1. The van der Waals surface area contributed by atoms with Crippen molar-refractivity contribution in [3.05, 3.63) is 109 Å². The van der Waals surface area contributed by atoms with E-state index in [9.17, 15) is 25.9 Å². The van der Waals surface area contributed by atoms with E-state index in [1.807, 2.05) is 60.7 Å². The maximum Gasteiger partial charge on any atom is 1.00 e. The monoisotopic (exact) mass is 852 g/mol. The summed E-state index contributed by atoms with van der Waals surface area (Å²) >= 11 is 0. The van der Waals surface area contributed by atoms with E-state index in [4.69, 9.17) is 10.5 Å². The molecule has 50 heavy (non-hydrogen) atoms. The SMILES string of the molecule is CC#N.CC#N.CC(C)(C)[PH+](c1ccccc1)c1ccccc1S(=O)(=O)[O-].CC(C)(C)[PH+](c1ccccc1)c1ccccc1S(=O)(=O)[O-].[Cu+].[Cu+]. The minimum atomic E-state index is -4.47. The van der Waals surface area contributed by atoms with Gasteiger partial charge in [-0.15, -0.1) is 0 Å². The van der Waals surface area contributed by atoms with E-state index in [2.05, 4.69) is 41.5 Å². The molecule has 4 rings (SSSR count). The summed E-state index contributed by atoms with van der Waals surface area (Å²) in [6, 6.07) is 36.3. The van der Waals surface area contributed by atoms with E-state index in [0.717, 1.165) is 10.6 Å². The maximum absolute atomic E-state index is 11.6. The molecule has 276 valence electrons. The fourth-order valence-electron chi connectivity index (χ4n) is 4.98. The number of rotatable bonds is 6. The topological polar surface area (TPSA) is 162 Å². The van der Waals surface area contributed by atoms with Crippen molar-refractivity contribution >= 4 is 57.3 Å². The van der Waals surface area contributed by atoms with Gasteiger partial charge in [0.1, 0.15) is 30.8 Å². The maximum atomic E-state index is 11.6. The van der Waals surface area contributed by atoms with Crippen LogP contribution in [0.3, 0.4) is 0 Å². The zero-order valence-electron chi connectivity index (χ0n) is 29.2. The molecule has 14 heteroatoms. The Balaban J connectivity index is 0. The summed E-state index contributed by atoms with van der Waals surface area (Å²) in [4.78, 5) is -0.171. The smallest absolute Gasteiger partial charge is 0.744 e. The molecule has 4 aromatic rings. The van der Waals surface area contributed by atoms with Gasteiger partial charge in [0.25, 0.3) is 0 Å². The van der Waals surface area contributed by atoms with Gasteiger partial charge >= 0.3 is 34.1 Å². The van der Waals surface area contributed by atoms with E-state index >= 15 is 0 Å². The van der Waals surface area contributed by atoms with Crippen LogP contribution in [0.25, 0.3) is 0 Å². The molecule has 0 aliphatic rings. The van der Waals surface area contributed by atoms with Gasteiger partial charge in [-0.1, -0.05) is 60.7 Å². The van der Waals surface area contributed by atoms with E-state index in [0.29, 0.717) is 10.6 Å². The van der Waals surface area contributed by atoms with Crippen molar-refractivity contribution in [1.29, 1.82) is 10.5 Å². The Morgan fingerprint density at radius 3 is 0.940 bits per heavy atom. The molecule has 0 radical (unpaired) electrons. The Morgan fingerprint density at radius 1 is 0.500 bits per heavy atom. The third-order valence-electron chi connectivity index (χ3n) is 6.48. The zero-order valence-corrected chi connectivity index (χ0v) is 34.7. The fourth-order valence-corrected chi connectivity index (χ4v) is 13.7. The predicted octanol–water partition coefficient (Wildman–Crippen LogP) is 6.16. The molecule has 0 aliphatic heterocycles. The Labute approximate surface area is 322 Å². The van der Waals surface area contributed by atoms with E-state index in [1.165, 1.54) is 26.0 Å². The molecular weight excluding hydrogens is 810 g/mol. The minimum Gasteiger partial charge on any atom is -0.744 e. The molecule has 0 saturated carbocycles. The normalized spacial score (nSPS) is 12.0. The van der Waals surface area contributed by atoms with Gasteiger partial charge in [-0.05, 0) is 90.1 Å². The van der Waals surface area contributed by atoms with Crippen LogP contribution < -0.4 is 21.2 Å². The second-order valence-corrected chi connectivity index (χ2v) is 21.8. The Hall–Kier alpha value is -2.42. The van der Waals surface area contributed by atoms with Crippen LogP contribution in [-0.2, 0) is 54.4 Å². The van der Waals surface area contributed by atoms with Crippen LogP contribution in [0.15, 0.2) is 119 Å². The summed E-state index contributed by atoms with van der Waals surface area (Å²) in [6.45, 7) is 15.4. The molecule has 0 amide bonds. The first kappa shape index (κ1) is 49.7. The van der Waals surface area contributed by atoms with Crippen LogP contribution in [0, 0.1) is 22.7 Å². The average Bonchev–Trinajstić information content (AvgIpc) is 2.98. The molecule has 0 aromatic heterocycles. The molecule has 4 aromatic carbocycles. The van der Waals surface area contributed by atoms with E-state index in [-0.39, 0.29) is 54.2 Å². The van der Waals surface area contributed by atoms with Crippen molar-refractivity contribution < 1.29 is 60.1 Å². The van der Waals surface area contributed by atoms with Crippen molar-refractivity contribution in [1.82, 2.24) is 0 Å². The van der Waals surface area contributed by atoms with Gasteiger partial charge in [0, 0.05) is 13.8 Å². The summed E-state index contributed by atoms with van der Waals surface area (Å²) in [5.74, 6) is 0. The summed E-state index contributed by atoms with van der Waals surface area (Å²) in [5.41, 5.74) is 0. The number of hydrogen-bond donors (Lipinski definition) is 0. The first-order valence-corrected chi connectivity index (χ1v) is 20.6. The van der Waals surface area contributed by atoms with Crippen molar-refractivity contribution in [3.63, 3.8) is 0 Å². The van der Waals surface area contributed by atoms with Crippen LogP contribution in [-0.4, -0.2) is 36.3 Å². The van der Waals surface area contributed by atoms with Crippen molar-refractivity contribution in [3.8, 4) is 12.1 Å². The Kier molecular flexibility index (Phi) is 22.4. The summed E-state index contributed by atoms with van der Waals surface area (Å²) < 4.78 is 69.5. The third kappa shape index (κ3) is 15.9. The zero-order chi connectivity index (χ0) is 36.8. The van der Waals surface area contributed by atoms with Crippen LogP contribution in [0.5, 0.6) is 0 Å². The van der Waals surface area contributed by atoms with Crippen LogP contribution in [0.2, 0.25) is 0 Å². The van der Waals surface area contributed by atoms with Gasteiger partial charge < -0.3 is 9.11 Å². The molecule has 0 spiro atoms. The van der Waals surface area contributed by atoms with Gasteiger partial charge in [-0.25, -0.2) is 16.8 Å². The van der Waals surface area contributed by atoms with Crippen molar-refractivity contribution in [2.75, 3.05) is 0 Å². The van der Waals surface area contributed by atoms with Gasteiger partial charge in [0.15, 0.2) is 0 Å². The third-order valence-corrected chi connectivity index (χ3v) is 15.4. The molecule has 2 atom stereocenters. The first-order chi connectivity index (χ1) is 22.2. The number of benzene rings is 4. The van der Waals surface area contributed by atoms with Crippen LogP contribution >= 0.6 is 15.8 Å². The van der Waals surface area contributed by atoms with Gasteiger partial charge in [0.2, 0.25) is 0 Å². The fraction of sp³-hybridized carbons (Fsp3) is 0.278. The van der Waals surface area contributed by atoms with E-state index in [1.54, 1.807) is 48.5 Å². The molecule has 8 nitrogen and oxygen atoms in total. The molecule has 0 bridgehead atoms. The van der Waals surface area contributed by atoms with Crippen molar-refractivity contribution in [2.45, 2.75) is 75.5 Å². The molecule has 2 unspecified atom stereocenters. The Morgan fingerprint density at radius 2 is 0.720 bits per heavy atom. The summed E-state index contributed by atoms with van der Waals surface area (Å²) in [5, 5.41) is 17.9. The van der Waals surface area contributed by atoms with Gasteiger partial charge in [0.05, 0.1) is 58.7 Å².